The molecule has 1 amide bonds. The van der Waals surface area contributed by atoms with E-state index < -0.39 is 4.92 Å². The number of benzene rings is 1. The molecule has 0 aliphatic carbocycles. The first-order valence-corrected chi connectivity index (χ1v) is 7.11. The number of aromatic nitrogens is 2. The first kappa shape index (κ1) is 15.0. The van der Waals surface area contributed by atoms with Gasteiger partial charge in [0.1, 0.15) is 0 Å². The lowest BCUT2D eigenvalue weighted by Crippen LogP contribution is -2.15. The molecule has 0 atom stereocenters. The zero-order valence-corrected chi connectivity index (χ0v) is 12.4. The number of amides is 1. The first-order valence-electron chi connectivity index (χ1n) is 6.13. The summed E-state index contributed by atoms with van der Waals surface area (Å²) in [4.78, 5) is 26.4. The second-order valence-corrected chi connectivity index (χ2v) is 5.31. The molecule has 0 aliphatic heterocycles. The second-order valence-electron chi connectivity index (χ2n) is 4.36. The highest BCUT2D eigenvalue weighted by atomic mass is 32.2. The number of carbonyl (C=O) groups is 1. The normalized spacial score (nSPS) is 10.4. The Balaban J connectivity index is 2.01. The molecule has 0 saturated heterocycles. The molecule has 0 saturated carbocycles. The highest BCUT2D eigenvalue weighted by molar-refractivity contribution is 7.99. The summed E-state index contributed by atoms with van der Waals surface area (Å²) in [6.07, 6.45) is 3.45. The van der Waals surface area contributed by atoms with Gasteiger partial charge in [-0.3, -0.25) is 14.9 Å². The number of nitro benzene ring substituents is 1. The van der Waals surface area contributed by atoms with Crippen LogP contribution in [0.2, 0.25) is 0 Å². The molecular weight excluding hydrogens is 292 g/mol. The fourth-order valence-corrected chi connectivity index (χ4v) is 2.50. The van der Waals surface area contributed by atoms with Crippen molar-refractivity contribution >= 4 is 29.0 Å². The molecule has 1 aromatic carbocycles. The van der Waals surface area contributed by atoms with Gasteiger partial charge in [0.05, 0.1) is 21.9 Å². The molecule has 2 aromatic rings. The Hall–Kier alpha value is -2.35. The van der Waals surface area contributed by atoms with Crippen molar-refractivity contribution in [1.29, 1.82) is 0 Å². The highest BCUT2D eigenvalue weighted by Gasteiger charge is 2.15. The lowest BCUT2D eigenvalue weighted by atomic mass is 10.1. The topological polar surface area (TPSA) is 90.1 Å². The third kappa shape index (κ3) is 3.60. The van der Waals surface area contributed by atoms with E-state index in [1.54, 1.807) is 31.5 Å². The molecule has 21 heavy (non-hydrogen) atoms. The number of nitrogens with one attached hydrogen (secondary N) is 1. The fourth-order valence-electron chi connectivity index (χ4n) is 1.76. The van der Waals surface area contributed by atoms with Crippen molar-refractivity contribution in [2.45, 2.75) is 12.1 Å². The maximum atomic E-state index is 11.9. The number of hydrogen-bond donors (Lipinski definition) is 1. The second kappa shape index (κ2) is 6.40. The summed E-state index contributed by atoms with van der Waals surface area (Å²) in [7, 11) is 1.85. The van der Waals surface area contributed by atoms with E-state index in [0.717, 1.165) is 5.16 Å². The smallest absolute Gasteiger partial charge is 0.274 e. The van der Waals surface area contributed by atoms with Gasteiger partial charge in [0.15, 0.2) is 5.16 Å². The van der Waals surface area contributed by atoms with Crippen LogP contribution in [0.5, 0.6) is 0 Å². The van der Waals surface area contributed by atoms with Gasteiger partial charge >= 0.3 is 0 Å². The third-order valence-corrected chi connectivity index (χ3v) is 3.94. The van der Waals surface area contributed by atoms with Gasteiger partial charge in [0, 0.05) is 25.5 Å². The fraction of sp³-hybridized carbons (Fsp3) is 0.231. The largest absolute Gasteiger partial charge is 0.329 e. The number of thioether (sulfide) groups is 1. The van der Waals surface area contributed by atoms with Crippen LogP contribution in [0.3, 0.4) is 0 Å². The van der Waals surface area contributed by atoms with E-state index in [9.17, 15) is 14.9 Å². The van der Waals surface area contributed by atoms with E-state index in [1.165, 1.54) is 17.8 Å². The molecule has 1 heterocycles. The summed E-state index contributed by atoms with van der Waals surface area (Å²) >= 11 is 1.30. The standard InChI is InChI=1S/C13H14N4O3S/c1-9-10(4-3-5-11(9)17(19)20)15-12(18)8-21-13-14-6-7-16(13)2/h3-7H,8H2,1-2H3,(H,15,18). The van der Waals surface area contributed by atoms with E-state index in [0.29, 0.717) is 11.3 Å². The van der Waals surface area contributed by atoms with Crippen molar-refractivity contribution in [3.8, 4) is 0 Å². The van der Waals surface area contributed by atoms with Crippen molar-refractivity contribution in [2.75, 3.05) is 11.1 Å². The molecule has 0 fully saturated rings. The van der Waals surface area contributed by atoms with Crippen LogP contribution in [0.15, 0.2) is 35.7 Å². The Morgan fingerprint density at radius 1 is 1.52 bits per heavy atom. The number of hydrogen-bond acceptors (Lipinski definition) is 5. The first-order chi connectivity index (χ1) is 9.99. The Morgan fingerprint density at radius 2 is 2.29 bits per heavy atom. The minimum absolute atomic E-state index is 0.00967. The molecule has 8 heteroatoms. The highest BCUT2D eigenvalue weighted by Crippen LogP contribution is 2.25. The summed E-state index contributed by atoms with van der Waals surface area (Å²) < 4.78 is 1.82. The van der Waals surface area contributed by atoms with Crippen LogP contribution in [0, 0.1) is 17.0 Å². The molecule has 1 aromatic heterocycles. The van der Waals surface area contributed by atoms with Gasteiger partial charge in [-0.25, -0.2) is 4.98 Å². The predicted octanol–water partition coefficient (Wildman–Crippen LogP) is 2.37. The average molecular weight is 306 g/mol. The van der Waals surface area contributed by atoms with Crippen molar-refractivity contribution in [3.05, 3.63) is 46.3 Å². The quantitative estimate of drug-likeness (QED) is 0.520. The van der Waals surface area contributed by atoms with Crippen molar-refractivity contribution in [1.82, 2.24) is 9.55 Å². The van der Waals surface area contributed by atoms with Gasteiger partial charge in [-0.05, 0) is 13.0 Å². The molecule has 2 rings (SSSR count). The van der Waals surface area contributed by atoms with E-state index in [4.69, 9.17) is 0 Å². The van der Waals surface area contributed by atoms with Crippen molar-refractivity contribution in [2.24, 2.45) is 7.05 Å². The maximum absolute atomic E-state index is 11.9. The number of anilines is 1. The lowest BCUT2D eigenvalue weighted by molar-refractivity contribution is -0.385. The molecule has 0 aliphatic rings. The molecule has 0 bridgehead atoms. The van der Waals surface area contributed by atoms with Crippen molar-refractivity contribution in [3.63, 3.8) is 0 Å². The van der Waals surface area contributed by atoms with E-state index in [1.807, 2.05) is 11.6 Å². The molecular formula is C13H14N4O3S. The van der Waals surface area contributed by atoms with Crippen molar-refractivity contribution < 1.29 is 9.72 Å². The van der Waals surface area contributed by atoms with E-state index in [2.05, 4.69) is 10.3 Å². The Morgan fingerprint density at radius 3 is 2.90 bits per heavy atom. The summed E-state index contributed by atoms with van der Waals surface area (Å²) in [6.45, 7) is 1.61. The molecule has 7 nitrogen and oxygen atoms in total. The number of nitro groups is 1. The van der Waals surface area contributed by atoms with Crippen LogP contribution in [0.1, 0.15) is 5.56 Å². The molecule has 0 radical (unpaired) electrons. The molecule has 0 spiro atoms. The summed E-state index contributed by atoms with van der Waals surface area (Å²) in [5, 5.41) is 14.3. The number of imidazole rings is 1. The van der Waals surface area contributed by atoms with E-state index in [-0.39, 0.29) is 17.3 Å². The average Bonchev–Trinajstić information content (AvgIpc) is 2.84. The van der Waals surface area contributed by atoms with Crippen LogP contribution in [-0.4, -0.2) is 26.1 Å². The predicted molar refractivity (Wildman–Crippen MR) is 80.4 cm³/mol. The van der Waals surface area contributed by atoms with E-state index >= 15 is 0 Å². The maximum Gasteiger partial charge on any atom is 0.274 e. The minimum atomic E-state index is -0.465. The van der Waals surface area contributed by atoms with Gasteiger partial charge in [-0.15, -0.1) is 0 Å². The van der Waals surface area contributed by atoms with Crippen LogP contribution >= 0.6 is 11.8 Å². The number of nitrogens with zero attached hydrogens (tertiary/aromatic N) is 3. The molecule has 1 N–H and O–H groups in total. The SMILES string of the molecule is Cc1c(NC(=O)CSc2nccn2C)cccc1[N+](=O)[O-]. The molecule has 110 valence electrons. The Labute approximate surface area is 125 Å². The number of carbonyl (C=O) groups excluding carboxylic acids is 1. The Bertz CT molecular complexity index is 684. The van der Waals surface area contributed by atoms with Gasteiger partial charge in [0.2, 0.25) is 5.91 Å². The van der Waals surface area contributed by atoms with Gasteiger partial charge < -0.3 is 9.88 Å². The van der Waals surface area contributed by atoms with Crippen LogP contribution in [0.25, 0.3) is 0 Å². The van der Waals surface area contributed by atoms with Gasteiger partial charge in [0.25, 0.3) is 5.69 Å². The number of rotatable bonds is 5. The van der Waals surface area contributed by atoms with Crippen LogP contribution in [-0.2, 0) is 11.8 Å². The number of aryl methyl sites for hydroxylation is 1. The van der Waals surface area contributed by atoms with Crippen LogP contribution < -0.4 is 5.32 Å². The summed E-state index contributed by atoms with van der Waals surface area (Å²) in [5.74, 6) is -0.0425. The van der Waals surface area contributed by atoms with Gasteiger partial charge in [-0.2, -0.15) is 0 Å². The minimum Gasteiger partial charge on any atom is -0.329 e. The zero-order chi connectivity index (χ0) is 15.4. The monoisotopic (exact) mass is 306 g/mol. The lowest BCUT2D eigenvalue weighted by Gasteiger charge is -2.08. The summed E-state index contributed by atoms with van der Waals surface area (Å²) in [5.41, 5.74) is 0.886. The Kier molecular flexibility index (Phi) is 4.59. The third-order valence-electron chi connectivity index (χ3n) is 2.89. The molecule has 0 unspecified atom stereocenters. The zero-order valence-electron chi connectivity index (χ0n) is 11.6. The van der Waals surface area contributed by atoms with Gasteiger partial charge in [-0.1, -0.05) is 17.8 Å². The van der Waals surface area contributed by atoms with Crippen LogP contribution in [0.4, 0.5) is 11.4 Å². The summed E-state index contributed by atoms with van der Waals surface area (Å²) in [6, 6.07) is 4.60.